The molecule has 1 N–H and O–H groups in total. The zero-order valence-electron chi connectivity index (χ0n) is 10.3. The van der Waals surface area contributed by atoms with E-state index in [1.54, 1.807) is 42.5 Å². The van der Waals surface area contributed by atoms with E-state index in [1.165, 1.54) is 6.92 Å². The zero-order chi connectivity index (χ0) is 13.8. The Morgan fingerprint density at radius 2 is 1.68 bits per heavy atom. The molecule has 0 aliphatic heterocycles. The van der Waals surface area contributed by atoms with Gasteiger partial charge in [0.25, 0.3) is 5.91 Å². The van der Waals surface area contributed by atoms with E-state index in [0.717, 1.165) is 4.47 Å². The van der Waals surface area contributed by atoms with Crippen molar-refractivity contribution in [3.63, 3.8) is 0 Å². The maximum absolute atomic E-state index is 12.0. The van der Waals surface area contributed by atoms with E-state index in [2.05, 4.69) is 21.2 Å². The molecule has 96 valence electrons. The minimum absolute atomic E-state index is 0.00451. The van der Waals surface area contributed by atoms with E-state index in [0.29, 0.717) is 16.8 Å². The molecule has 0 heterocycles. The Hall–Kier alpha value is -1.94. The molecule has 0 atom stereocenters. The first-order chi connectivity index (χ1) is 9.06. The van der Waals surface area contributed by atoms with Crippen LogP contribution >= 0.6 is 15.9 Å². The average molecular weight is 318 g/mol. The Balaban J connectivity index is 2.13. The Morgan fingerprint density at radius 3 is 2.26 bits per heavy atom. The van der Waals surface area contributed by atoms with Gasteiger partial charge in [0.1, 0.15) is 0 Å². The molecule has 0 aliphatic carbocycles. The van der Waals surface area contributed by atoms with Crippen molar-refractivity contribution in [2.45, 2.75) is 6.92 Å². The molecule has 0 bridgehead atoms. The van der Waals surface area contributed by atoms with Gasteiger partial charge < -0.3 is 5.32 Å². The van der Waals surface area contributed by atoms with Gasteiger partial charge in [0, 0.05) is 21.3 Å². The lowest BCUT2D eigenvalue weighted by molar-refractivity contribution is 0.101. The van der Waals surface area contributed by atoms with Crippen LogP contribution in [0.25, 0.3) is 0 Å². The number of anilines is 1. The van der Waals surface area contributed by atoms with Crippen molar-refractivity contribution in [1.29, 1.82) is 0 Å². The summed E-state index contributed by atoms with van der Waals surface area (Å²) in [4.78, 5) is 23.1. The molecule has 2 rings (SSSR count). The van der Waals surface area contributed by atoms with Crippen LogP contribution in [-0.4, -0.2) is 11.7 Å². The first-order valence-electron chi connectivity index (χ1n) is 5.74. The fourth-order valence-corrected chi connectivity index (χ4v) is 2.02. The number of nitrogens with one attached hydrogen (secondary N) is 1. The van der Waals surface area contributed by atoms with Crippen molar-refractivity contribution in [2.24, 2.45) is 0 Å². The molecule has 0 aromatic heterocycles. The molecule has 0 unspecified atom stereocenters. The van der Waals surface area contributed by atoms with Gasteiger partial charge in [0.2, 0.25) is 0 Å². The summed E-state index contributed by atoms with van der Waals surface area (Å²) in [6.07, 6.45) is 0. The maximum Gasteiger partial charge on any atom is 0.255 e. The van der Waals surface area contributed by atoms with Crippen LogP contribution in [-0.2, 0) is 0 Å². The molecular weight excluding hydrogens is 306 g/mol. The molecule has 19 heavy (non-hydrogen) atoms. The summed E-state index contributed by atoms with van der Waals surface area (Å²) in [5.74, 6) is -0.179. The largest absolute Gasteiger partial charge is 0.322 e. The molecule has 0 aliphatic rings. The zero-order valence-corrected chi connectivity index (χ0v) is 11.9. The number of ketones is 1. The van der Waals surface area contributed by atoms with Crippen LogP contribution in [0, 0.1) is 0 Å². The van der Waals surface area contributed by atoms with Gasteiger partial charge in [-0.15, -0.1) is 0 Å². The summed E-state index contributed by atoms with van der Waals surface area (Å²) in [7, 11) is 0. The highest BCUT2D eigenvalue weighted by Crippen LogP contribution is 2.15. The number of Topliss-reactive ketones (excluding diaryl/α,β-unsaturated/α-hetero) is 1. The van der Waals surface area contributed by atoms with Crippen LogP contribution in [0.3, 0.4) is 0 Å². The first kappa shape index (κ1) is 13.5. The molecule has 0 fully saturated rings. The second-order valence-corrected chi connectivity index (χ2v) is 5.01. The summed E-state index contributed by atoms with van der Waals surface area (Å²) in [5.41, 5.74) is 1.86. The van der Waals surface area contributed by atoms with Gasteiger partial charge in [-0.05, 0) is 49.4 Å². The van der Waals surface area contributed by atoms with E-state index in [9.17, 15) is 9.59 Å². The van der Waals surface area contributed by atoms with E-state index < -0.39 is 0 Å². The molecule has 3 nitrogen and oxygen atoms in total. The standard InChI is InChI=1S/C15H12BrNO2/c1-10(18)11-5-7-14(8-6-11)17-15(19)12-3-2-4-13(16)9-12/h2-9H,1H3,(H,17,19). The van der Waals surface area contributed by atoms with Gasteiger partial charge in [-0.1, -0.05) is 22.0 Å². The third-order valence-corrected chi connectivity index (χ3v) is 3.13. The van der Waals surface area contributed by atoms with Gasteiger partial charge >= 0.3 is 0 Å². The van der Waals surface area contributed by atoms with Gasteiger partial charge in [-0.25, -0.2) is 0 Å². The van der Waals surface area contributed by atoms with Gasteiger partial charge in [0.15, 0.2) is 5.78 Å². The Labute approximate surface area is 119 Å². The molecule has 0 spiro atoms. The smallest absolute Gasteiger partial charge is 0.255 e. The summed E-state index contributed by atoms with van der Waals surface area (Å²) in [6.45, 7) is 1.51. The number of hydrogen-bond acceptors (Lipinski definition) is 2. The molecule has 0 radical (unpaired) electrons. The van der Waals surface area contributed by atoms with Crippen LogP contribution in [0.15, 0.2) is 53.0 Å². The molecule has 0 saturated carbocycles. The van der Waals surface area contributed by atoms with E-state index in [1.807, 2.05) is 6.07 Å². The van der Waals surface area contributed by atoms with Crippen LogP contribution in [0.4, 0.5) is 5.69 Å². The SMILES string of the molecule is CC(=O)c1ccc(NC(=O)c2cccc(Br)c2)cc1. The Morgan fingerprint density at radius 1 is 1.00 bits per heavy atom. The number of halogens is 1. The lowest BCUT2D eigenvalue weighted by atomic mass is 10.1. The van der Waals surface area contributed by atoms with Gasteiger partial charge in [0.05, 0.1) is 0 Å². The normalized spacial score (nSPS) is 10.0. The lowest BCUT2D eigenvalue weighted by Crippen LogP contribution is -2.11. The molecular formula is C15H12BrNO2. The summed E-state index contributed by atoms with van der Waals surface area (Å²) >= 11 is 3.32. The predicted octanol–water partition coefficient (Wildman–Crippen LogP) is 3.90. The lowest BCUT2D eigenvalue weighted by Gasteiger charge is -2.06. The Bertz CT molecular complexity index is 620. The van der Waals surface area contributed by atoms with Crippen LogP contribution in [0.5, 0.6) is 0 Å². The monoisotopic (exact) mass is 317 g/mol. The van der Waals surface area contributed by atoms with Crippen molar-refractivity contribution in [2.75, 3.05) is 5.32 Å². The number of hydrogen-bond donors (Lipinski definition) is 1. The highest BCUT2D eigenvalue weighted by molar-refractivity contribution is 9.10. The summed E-state index contributed by atoms with van der Waals surface area (Å²) in [6, 6.07) is 14.0. The molecule has 4 heteroatoms. The minimum atomic E-state index is -0.183. The molecule has 0 saturated heterocycles. The van der Waals surface area contributed by atoms with Gasteiger partial charge in [-0.3, -0.25) is 9.59 Å². The Kier molecular flexibility index (Phi) is 4.12. The van der Waals surface area contributed by atoms with Crippen molar-refractivity contribution >= 4 is 33.3 Å². The number of benzene rings is 2. The third kappa shape index (κ3) is 3.51. The summed E-state index contributed by atoms with van der Waals surface area (Å²) in [5, 5.41) is 2.78. The number of carbonyl (C=O) groups is 2. The fraction of sp³-hybridized carbons (Fsp3) is 0.0667. The van der Waals surface area contributed by atoms with E-state index in [-0.39, 0.29) is 11.7 Å². The quantitative estimate of drug-likeness (QED) is 0.872. The predicted molar refractivity (Wildman–Crippen MR) is 78.5 cm³/mol. The van der Waals surface area contributed by atoms with E-state index in [4.69, 9.17) is 0 Å². The van der Waals surface area contributed by atoms with Crippen LogP contribution in [0.2, 0.25) is 0 Å². The molecule has 2 aromatic carbocycles. The highest BCUT2D eigenvalue weighted by atomic mass is 79.9. The van der Waals surface area contributed by atoms with Gasteiger partial charge in [-0.2, -0.15) is 0 Å². The number of amides is 1. The van der Waals surface area contributed by atoms with Crippen molar-refractivity contribution in [1.82, 2.24) is 0 Å². The van der Waals surface area contributed by atoms with Crippen molar-refractivity contribution in [3.05, 3.63) is 64.1 Å². The maximum atomic E-state index is 12.0. The molecule has 1 amide bonds. The van der Waals surface area contributed by atoms with Crippen molar-refractivity contribution < 1.29 is 9.59 Å². The third-order valence-electron chi connectivity index (χ3n) is 2.64. The van der Waals surface area contributed by atoms with Crippen molar-refractivity contribution in [3.8, 4) is 0 Å². The second-order valence-electron chi connectivity index (χ2n) is 4.10. The second kappa shape index (κ2) is 5.80. The summed E-state index contributed by atoms with van der Waals surface area (Å²) < 4.78 is 0.854. The highest BCUT2D eigenvalue weighted by Gasteiger charge is 2.06. The number of carbonyl (C=O) groups excluding carboxylic acids is 2. The molecule has 2 aromatic rings. The number of rotatable bonds is 3. The van der Waals surface area contributed by atoms with Crippen LogP contribution in [0.1, 0.15) is 27.6 Å². The van der Waals surface area contributed by atoms with E-state index >= 15 is 0 Å². The fourth-order valence-electron chi connectivity index (χ4n) is 1.62. The first-order valence-corrected chi connectivity index (χ1v) is 6.53. The van der Waals surface area contributed by atoms with Crippen LogP contribution < -0.4 is 5.32 Å². The minimum Gasteiger partial charge on any atom is -0.322 e. The topological polar surface area (TPSA) is 46.2 Å². The average Bonchev–Trinajstić information content (AvgIpc) is 2.39.